The molecule has 0 atom stereocenters. The molecule has 0 fully saturated rings. The third kappa shape index (κ3) is 2.51. The number of thiophene rings is 1. The van der Waals surface area contributed by atoms with Gasteiger partial charge in [0, 0.05) is 15.5 Å². The van der Waals surface area contributed by atoms with Crippen LogP contribution in [0.4, 0.5) is 0 Å². The number of nitrogens with zero attached hydrogens (tertiary/aromatic N) is 1. The number of rotatable bonds is 2. The number of nitriles is 1. The molecule has 0 saturated heterocycles. The molecule has 0 unspecified atom stereocenters. The van der Waals surface area contributed by atoms with Crippen LogP contribution in [0.5, 0.6) is 0 Å². The van der Waals surface area contributed by atoms with Gasteiger partial charge in [-0.1, -0.05) is 29.3 Å². The van der Waals surface area contributed by atoms with E-state index in [4.69, 9.17) is 28.9 Å². The largest absolute Gasteiger partial charge is 0.397 e. The average Bonchev–Trinajstić information content (AvgIpc) is 2.87. The third-order valence-electron chi connectivity index (χ3n) is 2.37. The molecular formula is C13H8Cl2N2S. The summed E-state index contributed by atoms with van der Waals surface area (Å²) >= 11 is 13.4. The normalized spacial score (nSPS) is 11.8. The van der Waals surface area contributed by atoms with Gasteiger partial charge in [-0.2, -0.15) is 5.26 Å². The number of hydrogen-bond donors (Lipinski definition) is 1. The highest BCUT2D eigenvalue weighted by Gasteiger charge is 2.12. The van der Waals surface area contributed by atoms with Crippen LogP contribution in [-0.4, -0.2) is 0 Å². The molecule has 0 bridgehead atoms. The first-order valence-electron chi connectivity index (χ1n) is 5.02. The van der Waals surface area contributed by atoms with Crippen LogP contribution in [0.15, 0.2) is 35.7 Å². The topological polar surface area (TPSA) is 49.8 Å². The van der Waals surface area contributed by atoms with Gasteiger partial charge in [-0.15, -0.1) is 11.3 Å². The highest BCUT2D eigenvalue weighted by atomic mass is 35.5. The third-order valence-corrected chi connectivity index (χ3v) is 3.82. The van der Waals surface area contributed by atoms with Crippen molar-refractivity contribution in [1.82, 2.24) is 0 Å². The van der Waals surface area contributed by atoms with Crippen LogP contribution >= 0.6 is 34.5 Å². The van der Waals surface area contributed by atoms with Crippen LogP contribution in [-0.2, 0) is 0 Å². The van der Waals surface area contributed by atoms with Crippen molar-refractivity contribution in [3.63, 3.8) is 0 Å². The Bertz CT molecular complexity index is 640. The van der Waals surface area contributed by atoms with E-state index in [1.165, 1.54) is 11.3 Å². The molecule has 0 saturated carbocycles. The quantitative estimate of drug-likeness (QED) is 0.834. The molecule has 2 nitrogen and oxygen atoms in total. The summed E-state index contributed by atoms with van der Waals surface area (Å²) in [5, 5.41) is 12.1. The number of allylic oxidation sites excluding steroid dienone is 1. The van der Waals surface area contributed by atoms with E-state index in [9.17, 15) is 5.26 Å². The standard InChI is InChI=1S/C13H8Cl2N2S/c14-8-3-4-11(15)9(6-8)13(17)10(7-16)12-2-1-5-18-12/h1-6H,17H2/b13-10-. The van der Waals surface area contributed by atoms with Crippen molar-refractivity contribution in [3.8, 4) is 6.07 Å². The smallest absolute Gasteiger partial charge is 0.103 e. The molecule has 0 aliphatic carbocycles. The lowest BCUT2D eigenvalue weighted by Gasteiger charge is -2.07. The fourth-order valence-electron chi connectivity index (χ4n) is 1.51. The SMILES string of the molecule is N#C/C(=C(/N)c1cc(Cl)ccc1Cl)c1cccs1. The zero-order valence-corrected chi connectivity index (χ0v) is 11.5. The molecule has 1 heterocycles. The van der Waals surface area contributed by atoms with Crippen LogP contribution in [0.25, 0.3) is 11.3 Å². The van der Waals surface area contributed by atoms with Gasteiger partial charge in [0.25, 0.3) is 0 Å². The Morgan fingerprint density at radius 2 is 2.06 bits per heavy atom. The predicted molar refractivity (Wildman–Crippen MR) is 77.4 cm³/mol. The molecule has 1 aromatic heterocycles. The number of halogens is 2. The Morgan fingerprint density at radius 3 is 2.67 bits per heavy atom. The van der Waals surface area contributed by atoms with Gasteiger partial charge in [-0.3, -0.25) is 0 Å². The van der Waals surface area contributed by atoms with Gasteiger partial charge in [0.15, 0.2) is 0 Å². The van der Waals surface area contributed by atoms with E-state index < -0.39 is 0 Å². The number of hydrogen-bond acceptors (Lipinski definition) is 3. The highest BCUT2D eigenvalue weighted by Crippen LogP contribution is 2.30. The Morgan fingerprint density at radius 1 is 1.28 bits per heavy atom. The van der Waals surface area contributed by atoms with Crippen molar-refractivity contribution in [2.45, 2.75) is 0 Å². The summed E-state index contributed by atoms with van der Waals surface area (Å²) in [6.07, 6.45) is 0. The fourth-order valence-corrected chi connectivity index (χ4v) is 2.63. The van der Waals surface area contributed by atoms with Gasteiger partial charge in [-0.25, -0.2) is 0 Å². The Kier molecular flexibility index (Phi) is 3.93. The summed E-state index contributed by atoms with van der Waals surface area (Å²) < 4.78 is 0. The summed E-state index contributed by atoms with van der Waals surface area (Å²) in [7, 11) is 0. The van der Waals surface area contributed by atoms with E-state index in [0.717, 1.165) is 4.88 Å². The lowest BCUT2D eigenvalue weighted by molar-refractivity contribution is 1.49. The minimum Gasteiger partial charge on any atom is -0.397 e. The summed E-state index contributed by atoms with van der Waals surface area (Å²) in [6.45, 7) is 0. The molecule has 2 aromatic rings. The monoisotopic (exact) mass is 294 g/mol. The molecular weight excluding hydrogens is 287 g/mol. The van der Waals surface area contributed by atoms with Crippen LogP contribution in [0.2, 0.25) is 10.0 Å². The Labute approximate surface area is 119 Å². The second kappa shape index (κ2) is 5.45. The minimum atomic E-state index is 0.340. The van der Waals surface area contributed by atoms with Crippen molar-refractivity contribution in [2.24, 2.45) is 5.73 Å². The highest BCUT2D eigenvalue weighted by molar-refractivity contribution is 7.11. The first kappa shape index (κ1) is 13.0. The summed E-state index contributed by atoms with van der Waals surface area (Å²) in [4.78, 5) is 0.811. The maximum Gasteiger partial charge on any atom is 0.103 e. The first-order chi connectivity index (χ1) is 8.63. The van der Waals surface area contributed by atoms with E-state index in [1.807, 2.05) is 17.5 Å². The molecule has 18 heavy (non-hydrogen) atoms. The first-order valence-corrected chi connectivity index (χ1v) is 6.66. The van der Waals surface area contributed by atoms with Gasteiger partial charge < -0.3 is 5.73 Å². The van der Waals surface area contributed by atoms with Gasteiger partial charge in [0.05, 0.1) is 16.3 Å². The second-order valence-electron chi connectivity index (χ2n) is 3.50. The van der Waals surface area contributed by atoms with Crippen LogP contribution in [0.1, 0.15) is 10.4 Å². The van der Waals surface area contributed by atoms with Gasteiger partial charge in [-0.05, 0) is 29.6 Å². The summed E-state index contributed by atoms with van der Waals surface area (Å²) in [5.74, 6) is 0. The summed E-state index contributed by atoms with van der Waals surface area (Å²) in [6, 6.07) is 10.8. The zero-order chi connectivity index (χ0) is 13.1. The van der Waals surface area contributed by atoms with Gasteiger partial charge in [0.2, 0.25) is 0 Å². The van der Waals surface area contributed by atoms with Crippen LogP contribution < -0.4 is 5.73 Å². The molecule has 5 heteroatoms. The molecule has 0 aliphatic rings. The van der Waals surface area contributed by atoms with E-state index in [1.54, 1.807) is 18.2 Å². The predicted octanol–water partition coefficient (Wildman–Crippen LogP) is 4.41. The average molecular weight is 295 g/mol. The Balaban J connectivity index is 2.62. The maximum absolute atomic E-state index is 9.23. The molecule has 0 amide bonds. The Hall–Kier alpha value is -1.47. The van der Waals surface area contributed by atoms with Crippen molar-refractivity contribution < 1.29 is 0 Å². The number of nitrogens with two attached hydrogens (primary N) is 1. The molecule has 0 aliphatic heterocycles. The van der Waals surface area contributed by atoms with Gasteiger partial charge >= 0.3 is 0 Å². The van der Waals surface area contributed by atoms with E-state index in [2.05, 4.69) is 6.07 Å². The molecule has 90 valence electrons. The van der Waals surface area contributed by atoms with Crippen molar-refractivity contribution >= 4 is 45.8 Å². The van der Waals surface area contributed by atoms with Crippen molar-refractivity contribution in [3.05, 3.63) is 56.2 Å². The fraction of sp³-hybridized carbons (Fsp3) is 0. The van der Waals surface area contributed by atoms with E-state index in [0.29, 0.717) is 26.9 Å². The van der Waals surface area contributed by atoms with Crippen molar-refractivity contribution in [2.75, 3.05) is 0 Å². The zero-order valence-electron chi connectivity index (χ0n) is 9.15. The van der Waals surface area contributed by atoms with E-state index >= 15 is 0 Å². The molecule has 2 rings (SSSR count). The maximum atomic E-state index is 9.23. The molecule has 0 radical (unpaired) electrons. The lowest BCUT2D eigenvalue weighted by Crippen LogP contribution is -2.00. The summed E-state index contributed by atoms with van der Waals surface area (Å²) in [5.41, 5.74) is 7.36. The molecule has 2 N–H and O–H groups in total. The van der Waals surface area contributed by atoms with E-state index in [-0.39, 0.29) is 0 Å². The molecule has 1 aromatic carbocycles. The number of benzene rings is 1. The molecule has 0 spiro atoms. The van der Waals surface area contributed by atoms with Gasteiger partial charge in [0.1, 0.15) is 6.07 Å². The second-order valence-corrected chi connectivity index (χ2v) is 5.29. The lowest BCUT2D eigenvalue weighted by atomic mass is 10.1. The van der Waals surface area contributed by atoms with Crippen LogP contribution in [0.3, 0.4) is 0 Å². The van der Waals surface area contributed by atoms with Crippen molar-refractivity contribution in [1.29, 1.82) is 5.26 Å². The minimum absolute atomic E-state index is 0.340. The van der Waals surface area contributed by atoms with Crippen LogP contribution in [0, 0.1) is 11.3 Å².